The largest absolute Gasteiger partial charge is 0.330 e. The molecule has 0 aromatic rings. The van der Waals surface area contributed by atoms with E-state index in [-0.39, 0.29) is 0 Å². The zero-order valence-electron chi connectivity index (χ0n) is 11.7. The summed E-state index contributed by atoms with van der Waals surface area (Å²) in [5.74, 6) is 1.66. The highest BCUT2D eigenvalue weighted by Crippen LogP contribution is 2.34. The average molecular weight is 238 g/mol. The Kier molecular flexibility index (Phi) is 4.87. The summed E-state index contributed by atoms with van der Waals surface area (Å²) < 4.78 is 0. The van der Waals surface area contributed by atoms with E-state index >= 15 is 0 Å². The van der Waals surface area contributed by atoms with Crippen LogP contribution in [0.25, 0.3) is 0 Å². The summed E-state index contributed by atoms with van der Waals surface area (Å²) >= 11 is 0. The van der Waals surface area contributed by atoms with Gasteiger partial charge >= 0.3 is 0 Å². The van der Waals surface area contributed by atoms with Crippen LogP contribution in [0.15, 0.2) is 0 Å². The molecule has 0 spiro atoms. The number of hydrogen-bond acceptors (Lipinski definition) is 2. The van der Waals surface area contributed by atoms with Crippen LogP contribution in [-0.2, 0) is 0 Å². The summed E-state index contributed by atoms with van der Waals surface area (Å²) in [6.07, 6.45) is 9.76. The van der Waals surface area contributed by atoms with Gasteiger partial charge in [-0.3, -0.25) is 4.90 Å². The maximum atomic E-state index is 6.00. The summed E-state index contributed by atoms with van der Waals surface area (Å²) in [5, 5.41) is 0. The molecule has 0 amide bonds. The Hall–Kier alpha value is -0.0800. The summed E-state index contributed by atoms with van der Waals surface area (Å²) in [6.45, 7) is 7.05. The number of rotatable bonds is 2. The molecule has 1 aliphatic heterocycles. The van der Waals surface area contributed by atoms with E-state index in [1.807, 2.05) is 0 Å². The maximum Gasteiger partial charge on any atom is 0.0141 e. The third-order valence-corrected chi connectivity index (χ3v) is 5.05. The minimum absolute atomic E-state index is 0.756. The lowest BCUT2D eigenvalue weighted by Crippen LogP contribution is -2.50. The van der Waals surface area contributed by atoms with Gasteiger partial charge in [0.2, 0.25) is 0 Å². The Morgan fingerprint density at radius 2 is 1.88 bits per heavy atom. The molecule has 4 atom stereocenters. The smallest absolute Gasteiger partial charge is 0.0141 e. The summed E-state index contributed by atoms with van der Waals surface area (Å²) in [6, 6.07) is 1.55. The molecule has 2 aliphatic rings. The minimum Gasteiger partial charge on any atom is -0.330 e. The second-order valence-electron chi connectivity index (χ2n) is 6.42. The first-order valence-corrected chi connectivity index (χ1v) is 7.68. The van der Waals surface area contributed by atoms with Crippen LogP contribution in [0.3, 0.4) is 0 Å². The molecule has 0 radical (unpaired) electrons. The fraction of sp³-hybridized carbons (Fsp3) is 1.00. The van der Waals surface area contributed by atoms with Crippen LogP contribution in [-0.4, -0.2) is 30.1 Å². The van der Waals surface area contributed by atoms with Crippen molar-refractivity contribution in [3.05, 3.63) is 0 Å². The molecule has 100 valence electrons. The van der Waals surface area contributed by atoms with Gasteiger partial charge in [-0.1, -0.05) is 26.2 Å². The van der Waals surface area contributed by atoms with Crippen LogP contribution in [0.4, 0.5) is 0 Å². The fourth-order valence-electron chi connectivity index (χ4n) is 3.88. The van der Waals surface area contributed by atoms with Gasteiger partial charge in [0.1, 0.15) is 0 Å². The van der Waals surface area contributed by atoms with E-state index in [0.717, 1.165) is 30.5 Å². The van der Waals surface area contributed by atoms with Crippen molar-refractivity contribution in [3.63, 3.8) is 0 Å². The Bertz CT molecular complexity index is 229. The highest BCUT2D eigenvalue weighted by atomic mass is 15.2. The van der Waals surface area contributed by atoms with E-state index in [1.54, 1.807) is 0 Å². The number of nitrogens with two attached hydrogens (primary N) is 1. The lowest BCUT2D eigenvalue weighted by molar-refractivity contribution is 0.0577. The van der Waals surface area contributed by atoms with Crippen molar-refractivity contribution >= 4 is 0 Å². The van der Waals surface area contributed by atoms with Gasteiger partial charge in [-0.05, 0) is 57.5 Å². The first kappa shape index (κ1) is 13.4. The second-order valence-corrected chi connectivity index (χ2v) is 6.42. The number of nitrogens with zero attached hydrogens (tertiary/aromatic N) is 1. The Morgan fingerprint density at radius 1 is 1.06 bits per heavy atom. The third-order valence-electron chi connectivity index (χ3n) is 5.05. The van der Waals surface area contributed by atoms with E-state index in [1.165, 1.54) is 51.5 Å². The second kappa shape index (κ2) is 6.19. The molecular formula is C15H30N2. The molecule has 2 fully saturated rings. The molecule has 0 aromatic heterocycles. The lowest BCUT2D eigenvalue weighted by atomic mass is 9.77. The molecule has 1 saturated carbocycles. The van der Waals surface area contributed by atoms with E-state index in [9.17, 15) is 0 Å². The molecule has 2 rings (SSSR count). The molecule has 4 unspecified atom stereocenters. The van der Waals surface area contributed by atoms with Crippen LogP contribution >= 0.6 is 0 Å². The standard InChI is InChI=1S/C15H30N2/c1-12-7-8-14(11-16)15(10-12)17-9-5-3-4-6-13(17)2/h12-15H,3-11,16H2,1-2H3. The molecule has 0 bridgehead atoms. The van der Waals surface area contributed by atoms with Gasteiger partial charge < -0.3 is 5.73 Å². The van der Waals surface area contributed by atoms with Crippen molar-refractivity contribution in [1.82, 2.24) is 4.90 Å². The topological polar surface area (TPSA) is 29.3 Å². The average Bonchev–Trinajstić information content (AvgIpc) is 2.54. The van der Waals surface area contributed by atoms with Gasteiger partial charge in [0.05, 0.1) is 0 Å². The molecule has 0 aromatic carbocycles. The van der Waals surface area contributed by atoms with Gasteiger partial charge in [0.15, 0.2) is 0 Å². The monoisotopic (exact) mass is 238 g/mol. The lowest BCUT2D eigenvalue weighted by Gasteiger charge is -2.44. The predicted molar refractivity (Wildman–Crippen MR) is 74.0 cm³/mol. The van der Waals surface area contributed by atoms with Gasteiger partial charge in [0.25, 0.3) is 0 Å². The van der Waals surface area contributed by atoms with E-state index in [2.05, 4.69) is 18.7 Å². The zero-order chi connectivity index (χ0) is 12.3. The quantitative estimate of drug-likeness (QED) is 0.801. The summed E-state index contributed by atoms with van der Waals surface area (Å²) in [5.41, 5.74) is 6.00. The summed E-state index contributed by atoms with van der Waals surface area (Å²) in [4.78, 5) is 2.81. The van der Waals surface area contributed by atoms with Gasteiger partial charge in [-0.15, -0.1) is 0 Å². The highest BCUT2D eigenvalue weighted by molar-refractivity contribution is 4.89. The van der Waals surface area contributed by atoms with Gasteiger partial charge in [0, 0.05) is 12.1 Å². The van der Waals surface area contributed by atoms with Crippen LogP contribution in [0.2, 0.25) is 0 Å². The SMILES string of the molecule is CC1CCC(CN)C(N2CCCCCC2C)C1. The van der Waals surface area contributed by atoms with Crippen molar-refractivity contribution in [1.29, 1.82) is 0 Å². The van der Waals surface area contributed by atoms with Crippen molar-refractivity contribution in [2.45, 2.75) is 70.9 Å². The van der Waals surface area contributed by atoms with E-state index < -0.39 is 0 Å². The number of likely N-dealkylation sites (tertiary alicyclic amines) is 1. The van der Waals surface area contributed by atoms with Crippen LogP contribution in [0.5, 0.6) is 0 Å². The normalized spacial score (nSPS) is 41.1. The molecular weight excluding hydrogens is 208 g/mol. The highest BCUT2D eigenvalue weighted by Gasteiger charge is 2.34. The summed E-state index contributed by atoms with van der Waals surface area (Å²) in [7, 11) is 0. The molecule has 2 heteroatoms. The first-order chi connectivity index (χ1) is 8.22. The third kappa shape index (κ3) is 3.23. The molecule has 1 aliphatic carbocycles. The van der Waals surface area contributed by atoms with Crippen molar-refractivity contribution in [3.8, 4) is 0 Å². The zero-order valence-corrected chi connectivity index (χ0v) is 11.7. The van der Waals surface area contributed by atoms with E-state index in [0.29, 0.717) is 0 Å². The van der Waals surface area contributed by atoms with Crippen LogP contribution in [0.1, 0.15) is 58.8 Å². The first-order valence-electron chi connectivity index (χ1n) is 7.68. The number of hydrogen-bond donors (Lipinski definition) is 1. The van der Waals surface area contributed by atoms with E-state index in [4.69, 9.17) is 5.73 Å². The predicted octanol–water partition coefficient (Wildman–Crippen LogP) is 3.01. The van der Waals surface area contributed by atoms with Gasteiger partial charge in [-0.2, -0.15) is 0 Å². The molecule has 2 N–H and O–H groups in total. The Labute approximate surface area is 107 Å². The Balaban J connectivity index is 2.05. The molecule has 1 saturated heterocycles. The molecule has 1 heterocycles. The van der Waals surface area contributed by atoms with Crippen molar-refractivity contribution in [2.75, 3.05) is 13.1 Å². The van der Waals surface area contributed by atoms with Crippen LogP contribution in [0, 0.1) is 11.8 Å². The van der Waals surface area contributed by atoms with Crippen molar-refractivity contribution in [2.24, 2.45) is 17.6 Å². The molecule has 17 heavy (non-hydrogen) atoms. The minimum atomic E-state index is 0.756. The Morgan fingerprint density at radius 3 is 2.65 bits per heavy atom. The molecule has 2 nitrogen and oxygen atoms in total. The maximum absolute atomic E-state index is 6.00. The van der Waals surface area contributed by atoms with Crippen LogP contribution < -0.4 is 5.73 Å². The fourth-order valence-corrected chi connectivity index (χ4v) is 3.88. The van der Waals surface area contributed by atoms with Gasteiger partial charge in [-0.25, -0.2) is 0 Å². The van der Waals surface area contributed by atoms with Crippen molar-refractivity contribution < 1.29 is 0 Å².